The molecule has 2 rings (SSSR count). The summed E-state index contributed by atoms with van der Waals surface area (Å²) in [5, 5.41) is 6.33. The lowest BCUT2D eigenvalue weighted by Gasteiger charge is -2.32. The topological polar surface area (TPSA) is 112 Å². The molecular weight excluding hydrogens is 358 g/mol. The number of rotatable bonds is 7. The Bertz CT molecular complexity index is 583. The molecule has 1 aliphatic carbocycles. The van der Waals surface area contributed by atoms with Gasteiger partial charge in [0.2, 0.25) is 10.0 Å². The van der Waals surface area contributed by atoms with Crippen molar-refractivity contribution >= 4 is 22.1 Å². The molecule has 0 aromatic carbocycles. The number of ether oxygens (including phenoxy) is 1. The smallest absolute Gasteiger partial charge is 0.409 e. The molecule has 9 nitrogen and oxygen atoms in total. The van der Waals surface area contributed by atoms with E-state index >= 15 is 0 Å². The zero-order valence-corrected chi connectivity index (χ0v) is 16.5. The number of carbonyl (C=O) groups is 1. The first-order valence-corrected chi connectivity index (χ1v) is 10.9. The van der Waals surface area contributed by atoms with E-state index in [0.717, 1.165) is 25.7 Å². The molecule has 2 fully saturated rings. The maximum Gasteiger partial charge on any atom is 0.409 e. The van der Waals surface area contributed by atoms with Crippen LogP contribution in [0.3, 0.4) is 0 Å². The van der Waals surface area contributed by atoms with E-state index < -0.39 is 10.0 Å². The van der Waals surface area contributed by atoms with E-state index in [1.165, 1.54) is 13.5 Å². The average molecular weight is 390 g/mol. The van der Waals surface area contributed by atoms with Crippen LogP contribution in [0.5, 0.6) is 0 Å². The summed E-state index contributed by atoms with van der Waals surface area (Å²) in [4.78, 5) is 17.3. The number of sulfonamides is 1. The number of nitrogens with zero attached hydrogens (tertiary/aromatic N) is 2. The monoisotopic (exact) mass is 389 g/mol. The van der Waals surface area contributed by atoms with Crippen molar-refractivity contribution in [3.05, 3.63) is 0 Å². The number of nitrogens with one attached hydrogen (secondary N) is 3. The predicted octanol–water partition coefficient (Wildman–Crippen LogP) is 0.102. The standard InChI is InChI=1S/C16H31N5O4S/c1-17-15(20-14-6-9-21(10-7-14)16(22)25-2)18-8-11-26(23,24)19-12-13-4-3-5-13/h13-14,19H,3-12H2,1-2H3,(H2,17,18,20). The van der Waals surface area contributed by atoms with Crippen LogP contribution in [-0.4, -0.2) is 77.5 Å². The fourth-order valence-electron chi connectivity index (χ4n) is 3.04. The van der Waals surface area contributed by atoms with E-state index in [2.05, 4.69) is 20.3 Å². The van der Waals surface area contributed by atoms with Crippen molar-refractivity contribution in [3.8, 4) is 0 Å². The predicted molar refractivity (Wildman–Crippen MR) is 101 cm³/mol. The van der Waals surface area contributed by atoms with Gasteiger partial charge in [-0.05, 0) is 31.6 Å². The molecule has 0 unspecified atom stereocenters. The third-order valence-corrected chi connectivity index (χ3v) is 6.32. The lowest BCUT2D eigenvalue weighted by Crippen LogP contribution is -2.50. The lowest BCUT2D eigenvalue weighted by molar-refractivity contribution is 0.111. The molecule has 1 heterocycles. The quantitative estimate of drug-likeness (QED) is 0.421. The van der Waals surface area contributed by atoms with E-state index in [9.17, 15) is 13.2 Å². The summed E-state index contributed by atoms with van der Waals surface area (Å²) >= 11 is 0. The van der Waals surface area contributed by atoms with Crippen LogP contribution in [0.2, 0.25) is 0 Å². The van der Waals surface area contributed by atoms with Gasteiger partial charge >= 0.3 is 6.09 Å². The first-order chi connectivity index (χ1) is 12.4. The van der Waals surface area contributed by atoms with Gasteiger partial charge in [0.05, 0.1) is 12.9 Å². The number of hydrogen-bond acceptors (Lipinski definition) is 5. The molecular formula is C16H31N5O4S. The van der Waals surface area contributed by atoms with Crippen molar-refractivity contribution in [3.63, 3.8) is 0 Å². The van der Waals surface area contributed by atoms with Gasteiger partial charge in [-0.25, -0.2) is 17.9 Å². The molecule has 1 saturated carbocycles. The van der Waals surface area contributed by atoms with Crippen LogP contribution < -0.4 is 15.4 Å². The Labute approximate surface area is 156 Å². The van der Waals surface area contributed by atoms with Gasteiger partial charge in [-0.2, -0.15) is 0 Å². The maximum absolute atomic E-state index is 12.0. The highest BCUT2D eigenvalue weighted by Gasteiger charge is 2.24. The number of likely N-dealkylation sites (tertiary alicyclic amines) is 1. The van der Waals surface area contributed by atoms with Crippen LogP contribution in [0.15, 0.2) is 4.99 Å². The minimum absolute atomic E-state index is 0.0151. The highest BCUT2D eigenvalue weighted by Crippen LogP contribution is 2.25. The summed E-state index contributed by atoms with van der Waals surface area (Å²) in [5.74, 6) is 1.10. The fourth-order valence-corrected chi connectivity index (χ4v) is 4.05. The molecule has 1 aliphatic heterocycles. The Morgan fingerprint density at radius 1 is 1.23 bits per heavy atom. The Morgan fingerprint density at radius 3 is 2.46 bits per heavy atom. The van der Waals surface area contributed by atoms with E-state index in [1.54, 1.807) is 11.9 Å². The first-order valence-electron chi connectivity index (χ1n) is 9.21. The zero-order chi connectivity index (χ0) is 19.0. The van der Waals surface area contributed by atoms with Gasteiger partial charge in [-0.1, -0.05) is 6.42 Å². The third-order valence-electron chi connectivity index (χ3n) is 4.97. The average Bonchev–Trinajstić information content (AvgIpc) is 2.59. The molecule has 1 amide bonds. The number of carbonyl (C=O) groups excluding carboxylic acids is 1. The summed E-state index contributed by atoms with van der Waals surface area (Å²) in [6, 6.07) is 0.190. The van der Waals surface area contributed by atoms with Gasteiger partial charge in [0.1, 0.15) is 0 Å². The van der Waals surface area contributed by atoms with Gasteiger partial charge < -0.3 is 20.3 Å². The summed E-state index contributed by atoms with van der Waals surface area (Å²) in [7, 11) is -0.225. The number of piperidine rings is 1. The second kappa shape index (κ2) is 9.96. The van der Waals surface area contributed by atoms with Crippen LogP contribution in [-0.2, 0) is 14.8 Å². The van der Waals surface area contributed by atoms with Crippen LogP contribution >= 0.6 is 0 Å². The third kappa shape index (κ3) is 6.64. The second-order valence-electron chi connectivity index (χ2n) is 6.84. The molecule has 3 N–H and O–H groups in total. The molecule has 2 aliphatic rings. The molecule has 26 heavy (non-hydrogen) atoms. The number of guanidine groups is 1. The molecule has 1 saturated heterocycles. The lowest BCUT2D eigenvalue weighted by atomic mass is 9.86. The fraction of sp³-hybridized carbons (Fsp3) is 0.875. The number of methoxy groups -OCH3 is 1. The summed E-state index contributed by atoms with van der Waals surface area (Å²) in [5.41, 5.74) is 0. The zero-order valence-electron chi connectivity index (χ0n) is 15.7. The van der Waals surface area contributed by atoms with Gasteiger partial charge in [0, 0.05) is 39.3 Å². The van der Waals surface area contributed by atoms with Gasteiger partial charge in [0.25, 0.3) is 0 Å². The SMILES string of the molecule is CN=C(NCCS(=O)(=O)NCC1CCC1)NC1CCN(C(=O)OC)CC1. The number of hydrogen-bond donors (Lipinski definition) is 3. The van der Waals surface area contributed by atoms with Gasteiger partial charge in [-0.3, -0.25) is 4.99 Å². The van der Waals surface area contributed by atoms with Crippen molar-refractivity contribution in [2.24, 2.45) is 10.9 Å². The molecule has 150 valence electrons. The van der Waals surface area contributed by atoms with Gasteiger partial charge in [0.15, 0.2) is 5.96 Å². The van der Waals surface area contributed by atoms with Crippen LogP contribution in [0.1, 0.15) is 32.1 Å². The normalized spacial score (nSPS) is 19.8. The first kappa shape index (κ1) is 20.8. The van der Waals surface area contributed by atoms with E-state index in [4.69, 9.17) is 4.74 Å². The minimum Gasteiger partial charge on any atom is -0.453 e. The molecule has 0 aromatic rings. The van der Waals surface area contributed by atoms with Crippen molar-refractivity contribution in [1.82, 2.24) is 20.3 Å². The Hall–Kier alpha value is -1.55. The van der Waals surface area contributed by atoms with Crippen molar-refractivity contribution in [2.75, 3.05) is 46.1 Å². The molecule has 0 radical (unpaired) electrons. The summed E-state index contributed by atoms with van der Waals surface area (Å²) < 4.78 is 31.4. The Balaban J connectivity index is 1.65. The molecule has 0 bridgehead atoms. The minimum atomic E-state index is -3.26. The Kier molecular flexibility index (Phi) is 7.95. The van der Waals surface area contributed by atoms with Crippen LogP contribution in [0.4, 0.5) is 4.79 Å². The molecule has 10 heteroatoms. The molecule has 0 spiro atoms. The highest BCUT2D eigenvalue weighted by atomic mass is 32.2. The second-order valence-corrected chi connectivity index (χ2v) is 8.77. The molecule has 0 aromatic heterocycles. The summed E-state index contributed by atoms with van der Waals surface area (Å²) in [6.45, 7) is 2.09. The van der Waals surface area contributed by atoms with Crippen LogP contribution in [0, 0.1) is 5.92 Å². The largest absolute Gasteiger partial charge is 0.453 e. The van der Waals surface area contributed by atoms with Crippen molar-refractivity contribution in [1.29, 1.82) is 0 Å². The van der Waals surface area contributed by atoms with E-state index in [1.807, 2.05) is 0 Å². The maximum atomic E-state index is 12.0. The summed E-state index contributed by atoms with van der Waals surface area (Å²) in [6.07, 6.45) is 4.71. The van der Waals surface area contributed by atoms with Crippen LogP contribution in [0.25, 0.3) is 0 Å². The molecule has 0 atom stereocenters. The van der Waals surface area contributed by atoms with Crippen molar-refractivity contribution < 1.29 is 17.9 Å². The van der Waals surface area contributed by atoms with Crippen molar-refractivity contribution in [2.45, 2.75) is 38.1 Å². The number of amides is 1. The van der Waals surface area contributed by atoms with E-state index in [-0.39, 0.29) is 17.9 Å². The highest BCUT2D eigenvalue weighted by molar-refractivity contribution is 7.89. The van der Waals surface area contributed by atoms with Gasteiger partial charge in [-0.15, -0.1) is 0 Å². The number of aliphatic imine (C=N–C) groups is 1. The Morgan fingerprint density at radius 2 is 1.92 bits per heavy atom. The van der Waals surface area contributed by atoms with E-state index in [0.29, 0.717) is 38.1 Å².